The van der Waals surface area contributed by atoms with Crippen LogP contribution in [0.1, 0.15) is 19.4 Å². The summed E-state index contributed by atoms with van der Waals surface area (Å²) in [5.74, 6) is -0.400. The number of aromatic amines is 1. The highest BCUT2D eigenvalue weighted by Gasteiger charge is 2.16. The highest BCUT2D eigenvalue weighted by molar-refractivity contribution is 14.1. The van der Waals surface area contributed by atoms with Gasteiger partial charge in [-0.1, -0.05) is 28.7 Å². The van der Waals surface area contributed by atoms with Gasteiger partial charge in [-0.3, -0.25) is 4.98 Å². The van der Waals surface area contributed by atoms with Gasteiger partial charge in [-0.05, 0) is 31.5 Å². The Morgan fingerprint density at radius 1 is 1.43 bits per heavy atom. The van der Waals surface area contributed by atoms with Crippen molar-refractivity contribution in [2.45, 2.75) is 17.3 Å². The highest BCUT2D eigenvalue weighted by atomic mass is 127. The number of nitrogens with one attached hydrogen (secondary N) is 1. The molecule has 0 aliphatic carbocycles. The Kier molecular flexibility index (Phi) is 2.17. The quantitative estimate of drug-likeness (QED) is 0.650. The second kappa shape index (κ2) is 3.12. The smallest absolute Gasteiger partial charge is 0.408 e. The minimum absolute atomic E-state index is 0.0557. The van der Waals surface area contributed by atoms with Crippen molar-refractivity contribution in [3.8, 4) is 0 Å². The first-order valence-electron chi connectivity index (χ1n) is 4.29. The Hall–Kier alpha value is -0.780. The van der Waals surface area contributed by atoms with E-state index in [-0.39, 0.29) is 3.42 Å². The fraction of sp³-hybridized carbons (Fsp3) is 0.300. The number of aromatic nitrogens is 1. The molecule has 0 aliphatic rings. The van der Waals surface area contributed by atoms with Crippen LogP contribution in [0.2, 0.25) is 0 Å². The van der Waals surface area contributed by atoms with Crippen LogP contribution in [0.3, 0.4) is 0 Å². The third-order valence-electron chi connectivity index (χ3n) is 2.11. The van der Waals surface area contributed by atoms with Crippen molar-refractivity contribution in [2.75, 3.05) is 0 Å². The van der Waals surface area contributed by atoms with Crippen LogP contribution in [0.25, 0.3) is 11.1 Å². The summed E-state index contributed by atoms with van der Waals surface area (Å²) in [4.78, 5) is 13.6. The van der Waals surface area contributed by atoms with Crippen LogP contribution in [-0.4, -0.2) is 4.98 Å². The zero-order valence-electron chi connectivity index (χ0n) is 7.93. The number of hydrogen-bond acceptors (Lipinski definition) is 2. The average Bonchev–Trinajstić information content (AvgIpc) is 2.41. The summed E-state index contributed by atoms with van der Waals surface area (Å²) in [6.45, 7) is 4.24. The van der Waals surface area contributed by atoms with E-state index in [1.165, 1.54) is 5.56 Å². The first-order chi connectivity index (χ1) is 6.47. The Balaban J connectivity index is 2.67. The normalized spacial score (nSPS) is 12.2. The molecule has 0 atom stereocenters. The van der Waals surface area contributed by atoms with Crippen molar-refractivity contribution in [1.29, 1.82) is 0 Å². The van der Waals surface area contributed by atoms with E-state index in [9.17, 15) is 4.79 Å². The molecule has 0 unspecified atom stereocenters. The number of halogens is 1. The lowest BCUT2D eigenvalue weighted by Gasteiger charge is -2.16. The maximum Gasteiger partial charge on any atom is 0.417 e. The molecular formula is C10H10INO2. The van der Waals surface area contributed by atoms with Crippen LogP contribution in [0, 0.1) is 0 Å². The van der Waals surface area contributed by atoms with Crippen LogP contribution in [0.4, 0.5) is 0 Å². The maximum absolute atomic E-state index is 10.9. The van der Waals surface area contributed by atoms with E-state index >= 15 is 0 Å². The van der Waals surface area contributed by atoms with Crippen molar-refractivity contribution < 1.29 is 4.42 Å². The number of oxazole rings is 1. The molecule has 0 bridgehead atoms. The molecule has 0 saturated heterocycles. The van der Waals surface area contributed by atoms with E-state index in [2.05, 4.69) is 41.4 Å². The fourth-order valence-electron chi connectivity index (χ4n) is 1.32. The SMILES string of the molecule is CC(C)(I)c1ccc2oc(=O)[nH]c2c1. The molecule has 0 fully saturated rings. The highest BCUT2D eigenvalue weighted by Crippen LogP contribution is 2.31. The van der Waals surface area contributed by atoms with E-state index < -0.39 is 5.76 Å². The van der Waals surface area contributed by atoms with E-state index in [0.29, 0.717) is 5.58 Å². The van der Waals surface area contributed by atoms with Crippen molar-refractivity contribution in [2.24, 2.45) is 0 Å². The minimum atomic E-state index is -0.400. The predicted molar refractivity (Wildman–Crippen MR) is 63.9 cm³/mol. The lowest BCUT2D eigenvalue weighted by atomic mass is 10.0. The molecule has 0 saturated carbocycles. The third kappa shape index (κ3) is 1.70. The van der Waals surface area contributed by atoms with Gasteiger partial charge in [0.15, 0.2) is 5.58 Å². The summed E-state index contributed by atoms with van der Waals surface area (Å²) in [5, 5.41) is 0. The monoisotopic (exact) mass is 303 g/mol. The van der Waals surface area contributed by atoms with Gasteiger partial charge in [0.05, 0.1) is 5.52 Å². The van der Waals surface area contributed by atoms with Crippen molar-refractivity contribution in [3.63, 3.8) is 0 Å². The second-order valence-electron chi connectivity index (χ2n) is 3.70. The molecule has 3 nitrogen and oxygen atoms in total. The van der Waals surface area contributed by atoms with Crippen LogP contribution in [0.15, 0.2) is 27.4 Å². The Morgan fingerprint density at radius 3 is 2.79 bits per heavy atom. The second-order valence-corrected chi connectivity index (χ2v) is 6.39. The molecule has 1 heterocycles. The first kappa shape index (κ1) is 9.76. The molecule has 0 aliphatic heterocycles. The van der Waals surface area contributed by atoms with Gasteiger partial charge in [-0.2, -0.15) is 0 Å². The lowest BCUT2D eigenvalue weighted by Crippen LogP contribution is -2.05. The average molecular weight is 303 g/mol. The van der Waals surface area contributed by atoms with Crippen molar-refractivity contribution in [3.05, 3.63) is 34.3 Å². The van der Waals surface area contributed by atoms with Crippen molar-refractivity contribution in [1.82, 2.24) is 4.98 Å². The van der Waals surface area contributed by atoms with Gasteiger partial charge in [0.25, 0.3) is 0 Å². The standard InChI is InChI=1S/C10H10INO2/c1-10(2,11)6-3-4-8-7(5-6)12-9(13)14-8/h3-5H,1-2H3,(H,12,13). The van der Waals surface area contributed by atoms with Gasteiger partial charge < -0.3 is 4.42 Å². The van der Waals surface area contributed by atoms with Gasteiger partial charge in [0.2, 0.25) is 0 Å². The van der Waals surface area contributed by atoms with Crippen LogP contribution < -0.4 is 5.76 Å². The van der Waals surface area contributed by atoms with Gasteiger partial charge in [0, 0.05) is 3.42 Å². The minimum Gasteiger partial charge on any atom is -0.408 e. The number of hydrogen-bond donors (Lipinski definition) is 1. The Morgan fingerprint density at radius 2 is 2.14 bits per heavy atom. The number of fused-ring (bicyclic) bond motifs is 1. The summed E-state index contributed by atoms with van der Waals surface area (Å²) >= 11 is 2.36. The van der Waals surface area contributed by atoms with E-state index in [0.717, 1.165) is 5.52 Å². The zero-order chi connectivity index (χ0) is 10.3. The van der Waals surface area contributed by atoms with Crippen LogP contribution in [0.5, 0.6) is 0 Å². The summed E-state index contributed by atoms with van der Waals surface area (Å²) in [7, 11) is 0. The van der Waals surface area contributed by atoms with Gasteiger partial charge in [0.1, 0.15) is 0 Å². The molecule has 74 valence electrons. The summed E-state index contributed by atoms with van der Waals surface area (Å²) in [6.07, 6.45) is 0. The summed E-state index contributed by atoms with van der Waals surface area (Å²) in [6, 6.07) is 5.75. The molecular weight excluding hydrogens is 293 g/mol. The zero-order valence-corrected chi connectivity index (χ0v) is 10.1. The van der Waals surface area contributed by atoms with Crippen LogP contribution >= 0.6 is 22.6 Å². The molecule has 0 radical (unpaired) electrons. The van der Waals surface area contributed by atoms with Gasteiger partial charge in [-0.25, -0.2) is 4.79 Å². The molecule has 4 heteroatoms. The van der Waals surface area contributed by atoms with Gasteiger partial charge >= 0.3 is 5.76 Å². The van der Waals surface area contributed by atoms with E-state index in [1.807, 2.05) is 18.2 Å². The molecule has 1 aromatic heterocycles. The Bertz CT molecular complexity index is 519. The number of rotatable bonds is 1. The molecule has 1 N–H and O–H groups in total. The van der Waals surface area contributed by atoms with E-state index in [4.69, 9.17) is 4.42 Å². The lowest BCUT2D eigenvalue weighted by molar-refractivity contribution is 0.555. The maximum atomic E-state index is 10.9. The molecule has 2 aromatic rings. The number of alkyl halides is 1. The molecule has 1 aromatic carbocycles. The summed E-state index contributed by atoms with van der Waals surface area (Å²) in [5.41, 5.74) is 2.54. The fourth-order valence-corrected chi connectivity index (χ4v) is 1.66. The summed E-state index contributed by atoms with van der Waals surface area (Å²) < 4.78 is 4.98. The predicted octanol–water partition coefficient (Wildman–Crippen LogP) is 2.79. The molecule has 2 rings (SSSR count). The van der Waals surface area contributed by atoms with E-state index in [1.54, 1.807) is 0 Å². The van der Waals surface area contributed by atoms with Crippen LogP contribution in [-0.2, 0) is 3.42 Å². The Labute approximate surface area is 94.6 Å². The topological polar surface area (TPSA) is 46.0 Å². The van der Waals surface area contributed by atoms with Gasteiger partial charge in [-0.15, -0.1) is 0 Å². The van der Waals surface area contributed by atoms with Crippen molar-refractivity contribution >= 4 is 33.7 Å². The molecule has 14 heavy (non-hydrogen) atoms. The molecule has 0 spiro atoms. The molecule has 0 amide bonds. The largest absolute Gasteiger partial charge is 0.417 e. The number of H-pyrrole nitrogens is 1. The third-order valence-corrected chi connectivity index (χ3v) is 2.73. The first-order valence-corrected chi connectivity index (χ1v) is 5.37. The number of benzene rings is 1.